The van der Waals surface area contributed by atoms with Crippen molar-refractivity contribution in [1.82, 2.24) is 0 Å². The highest BCUT2D eigenvalue weighted by Crippen LogP contribution is 2.19. The number of hydrogen-bond acceptors (Lipinski definition) is 3. The minimum atomic E-state index is 1.10. The van der Waals surface area contributed by atoms with Crippen LogP contribution in [-0.2, 0) is 0 Å². The van der Waals surface area contributed by atoms with Gasteiger partial charge in [-0.25, -0.2) is 0 Å². The molecule has 0 radical (unpaired) electrons. The van der Waals surface area contributed by atoms with Crippen LogP contribution in [0.15, 0.2) is 10.8 Å². The minimum Gasteiger partial charge on any atom is -0.384 e. The molecule has 1 rings (SSSR count). The second kappa shape index (κ2) is 6.33. The average Bonchev–Trinajstić information content (AvgIpc) is 2.52. The van der Waals surface area contributed by atoms with Gasteiger partial charge in [-0.3, -0.25) is 0 Å². The van der Waals surface area contributed by atoms with Crippen molar-refractivity contribution in [3.05, 3.63) is 16.3 Å². The summed E-state index contributed by atoms with van der Waals surface area (Å²) in [4.78, 5) is 0. The van der Waals surface area contributed by atoms with Gasteiger partial charge < -0.3 is 5.32 Å². The molecule has 3 heteroatoms. The molecule has 0 bridgehead atoms. The number of hydrogen-bond donors (Lipinski definition) is 1. The Kier molecular flexibility index (Phi) is 5.32. The van der Waals surface area contributed by atoms with Crippen LogP contribution in [0, 0.1) is 6.92 Å². The highest BCUT2D eigenvalue weighted by atomic mass is 32.2. The van der Waals surface area contributed by atoms with Gasteiger partial charge in [-0.15, -0.1) is 11.3 Å². The zero-order valence-electron chi connectivity index (χ0n) is 8.30. The van der Waals surface area contributed by atoms with Gasteiger partial charge in [0.25, 0.3) is 0 Å². The van der Waals surface area contributed by atoms with Gasteiger partial charge in [0.1, 0.15) is 0 Å². The lowest BCUT2D eigenvalue weighted by Crippen LogP contribution is -2.02. The summed E-state index contributed by atoms with van der Waals surface area (Å²) in [7, 11) is 0. The molecule has 0 aliphatic rings. The fourth-order valence-electron chi connectivity index (χ4n) is 1.08. The summed E-state index contributed by atoms with van der Waals surface area (Å²) >= 11 is 3.78. The zero-order chi connectivity index (χ0) is 9.52. The Bertz CT molecular complexity index is 233. The topological polar surface area (TPSA) is 12.0 Å². The van der Waals surface area contributed by atoms with Gasteiger partial charge in [0.2, 0.25) is 0 Å². The molecule has 0 atom stereocenters. The van der Waals surface area contributed by atoms with Crippen molar-refractivity contribution in [2.75, 3.05) is 23.4 Å². The smallest absolute Gasteiger partial charge is 0.0478 e. The highest BCUT2D eigenvalue weighted by Gasteiger charge is 1.96. The van der Waals surface area contributed by atoms with E-state index in [4.69, 9.17) is 0 Å². The molecule has 0 saturated heterocycles. The van der Waals surface area contributed by atoms with Crippen LogP contribution < -0.4 is 5.32 Å². The lowest BCUT2D eigenvalue weighted by Gasteiger charge is -2.04. The maximum absolute atomic E-state index is 3.45. The fourth-order valence-corrected chi connectivity index (χ4v) is 2.52. The van der Waals surface area contributed by atoms with Crippen LogP contribution in [0.25, 0.3) is 0 Å². The van der Waals surface area contributed by atoms with Crippen LogP contribution in [0.2, 0.25) is 0 Å². The summed E-state index contributed by atoms with van der Waals surface area (Å²) in [6.07, 6.45) is 1.26. The molecule has 1 heterocycles. The summed E-state index contributed by atoms with van der Waals surface area (Å²) < 4.78 is 0. The van der Waals surface area contributed by atoms with Crippen LogP contribution in [0.4, 0.5) is 5.69 Å². The third-order valence-corrected chi connectivity index (χ3v) is 3.69. The first-order chi connectivity index (χ1) is 6.34. The number of thiophene rings is 1. The van der Waals surface area contributed by atoms with Crippen molar-refractivity contribution < 1.29 is 0 Å². The first-order valence-corrected chi connectivity index (χ1v) is 6.78. The summed E-state index contributed by atoms with van der Waals surface area (Å²) in [6.45, 7) is 5.46. The van der Waals surface area contributed by atoms with E-state index in [1.165, 1.54) is 29.2 Å². The van der Waals surface area contributed by atoms with E-state index in [2.05, 4.69) is 29.9 Å². The molecule has 1 N–H and O–H groups in total. The minimum absolute atomic E-state index is 1.10. The summed E-state index contributed by atoms with van der Waals surface area (Å²) in [5.74, 6) is 2.50. The van der Waals surface area contributed by atoms with Gasteiger partial charge in [-0.05, 0) is 35.8 Å². The molecule has 13 heavy (non-hydrogen) atoms. The summed E-state index contributed by atoms with van der Waals surface area (Å²) in [6, 6.07) is 0. The Morgan fingerprint density at radius 1 is 1.46 bits per heavy atom. The summed E-state index contributed by atoms with van der Waals surface area (Å²) in [5, 5.41) is 7.82. The third kappa shape index (κ3) is 4.05. The van der Waals surface area contributed by atoms with E-state index >= 15 is 0 Å². The Morgan fingerprint density at radius 2 is 2.31 bits per heavy atom. The number of nitrogens with one attached hydrogen (secondary N) is 1. The van der Waals surface area contributed by atoms with Crippen molar-refractivity contribution >= 4 is 28.8 Å². The number of aryl methyl sites for hydroxylation is 1. The second-order valence-corrected chi connectivity index (χ2v) is 5.08. The van der Waals surface area contributed by atoms with Crippen molar-refractivity contribution in [3.8, 4) is 0 Å². The van der Waals surface area contributed by atoms with Gasteiger partial charge in [0.05, 0.1) is 0 Å². The Hall–Kier alpha value is -0.150. The van der Waals surface area contributed by atoms with Gasteiger partial charge in [-0.2, -0.15) is 11.8 Å². The van der Waals surface area contributed by atoms with Crippen molar-refractivity contribution in [1.29, 1.82) is 0 Å². The molecule has 0 saturated carbocycles. The normalized spacial score (nSPS) is 10.3. The SMILES string of the molecule is CCSCCCNc1cscc1C. The van der Waals surface area contributed by atoms with E-state index in [-0.39, 0.29) is 0 Å². The van der Waals surface area contributed by atoms with Gasteiger partial charge >= 0.3 is 0 Å². The molecule has 0 amide bonds. The molecule has 1 aromatic rings. The zero-order valence-corrected chi connectivity index (χ0v) is 9.93. The molecule has 1 nitrogen and oxygen atoms in total. The van der Waals surface area contributed by atoms with Crippen LogP contribution >= 0.6 is 23.1 Å². The van der Waals surface area contributed by atoms with Gasteiger partial charge in [0.15, 0.2) is 0 Å². The van der Waals surface area contributed by atoms with E-state index in [1.54, 1.807) is 11.3 Å². The molecule has 0 unspecified atom stereocenters. The number of anilines is 1. The van der Waals surface area contributed by atoms with E-state index in [0.29, 0.717) is 0 Å². The Labute approximate surface area is 88.9 Å². The lowest BCUT2D eigenvalue weighted by atomic mass is 10.3. The summed E-state index contributed by atoms with van der Waals surface area (Å²) in [5.41, 5.74) is 2.68. The maximum Gasteiger partial charge on any atom is 0.0478 e. The van der Waals surface area contributed by atoms with E-state index in [9.17, 15) is 0 Å². The van der Waals surface area contributed by atoms with Crippen molar-refractivity contribution in [3.63, 3.8) is 0 Å². The molecule has 0 aliphatic heterocycles. The first kappa shape index (κ1) is 10.9. The molecule has 0 aliphatic carbocycles. The largest absolute Gasteiger partial charge is 0.384 e. The molecule has 0 spiro atoms. The van der Waals surface area contributed by atoms with E-state index in [0.717, 1.165) is 6.54 Å². The fraction of sp³-hybridized carbons (Fsp3) is 0.600. The monoisotopic (exact) mass is 215 g/mol. The molecule has 74 valence electrons. The van der Waals surface area contributed by atoms with Gasteiger partial charge in [0, 0.05) is 17.6 Å². The number of rotatable bonds is 6. The standard InChI is InChI=1S/C10H17NS2/c1-3-12-6-4-5-11-10-8-13-7-9(10)2/h7-8,11H,3-6H2,1-2H3. The third-order valence-electron chi connectivity index (χ3n) is 1.84. The van der Waals surface area contributed by atoms with E-state index in [1.807, 2.05) is 11.8 Å². The first-order valence-electron chi connectivity index (χ1n) is 4.69. The predicted octanol–water partition coefficient (Wildman–Crippen LogP) is 3.61. The average molecular weight is 215 g/mol. The molecular formula is C10H17NS2. The molecular weight excluding hydrogens is 198 g/mol. The highest BCUT2D eigenvalue weighted by molar-refractivity contribution is 7.99. The van der Waals surface area contributed by atoms with E-state index < -0.39 is 0 Å². The predicted molar refractivity (Wildman–Crippen MR) is 65.2 cm³/mol. The Balaban J connectivity index is 2.10. The molecule has 0 fully saturated rings. The van der Waals surface area contributed by atoms with Crippen LogP contribution in [0.5, 0.6) is 0 Å². The van der Waals surface area contributed by atoms with Crippen LogP contribution in [-0.4, -0.2) is 18.1 Å². The number of thioether (sulfide) groups is 1. The second-order valence-electron chi connectivity index (χ2n) is 2.95. The van der Waals surface area contributed by atoms with Crippen LogP contribution in [0.3, 0.4) is 0 Å². The van der Waals surface area contributed by atoms with Crippen molar-refractivity contribution in [2.24, 2.45) is 0 Å². The van der Waals surface area contributed by atoms with Gasteiger partial charge in [-0.1, -0.05) is 6.92 Å². The maximum atomic E-state index is 3.45. The molecule has 1 aromatic heterocycles. The molecule has 0 aromatic carbocycles. The van der Waals surface area contributed by atoms with Crippen LogP contribution in [0.1, 0.15) is 18.9 Å². The lowest BCUT2D eigenvalue weighted by molar-refractivity contribution is 0.991. The Morgan fingerprint density at radius 3 is 2.92 bits per heavy atom. The quantitative estimate of drug-likeness (QED) is 0.728. The van der Waals surface area contributed by atoms with Crippen molar-refractivity contribution in [2.45, 2.75) is 20.3 Å².